The third-order valence-electron chi connectivity index (χ3n) is 5.46. The number of aryl methyl sites for hydroxylation is 1. The lowest BCUT2D eigenvalue weighted by atomic mass is 10.1. The van der Waals surface area contributed by atoms with Crippen molar-refractivity contribution in [3.63, 3.8) is 0 Å². The summed E-state index contributed by atoms with van der Waals surface area (Å²) in [6.45, 7) is 1.83. The number of halogens is 1. The molecule has 1 heterocycles. The fourth-order valence-electron chi connectivity index (χ4n) is 3.63. The standard InChI is InChI=1S/C24H19FN2O3/c1-13-17-10-8-14-4-2-3-5-18(14)22(17)30-21(13)24(29)26-16-9-11-19(25)20(12-16)27-23(28)15-6-7-15/h2-5,8-12,15H,6-7H2,1H3,(H,26,29)(H,27,28). The molecule has 30 heavy (non-hydrogen) atoms. The van der Waals surface area contributed by atoms with Crippen LogP contribution in [0.25, 0.3) is 21.7 Å². The number of rotatable bonds is 4. The molecule has 1 aliphatic carbocycles. The predicted octanol–water partition coefficient (Wildman–Crippen LogP) is 5.63. The van der Waals surface area contributed by atoms with E-state index in [1.165, 1.54) is 18.2 Å². The molecule has 3 aromatic carbocycles. The molecule has 0 radical (unpaired) electrons. The topological polar surface area (TPSA) is 71.3 Å². The van der Waals surface area contributed by atoms with Crippen LogP contribution < -0.4 is 10.6 Å². The van der Waals surface area contributed by atoms with Gasteiger partial charge in [-0.25, -0.2) is 4.39 Å². The summed E-state index contributed by atoms with van der Waals surface area (Å²) >= 11 is 0. The monoisotopic (exact) mass is 402 g/mol. The molecule has 5 rings (SSSR count). The maximum atomic E-state index is 14.1. The first kappa shape index (κ1) is 18.4. The lowest BCUT2D eigenvalue weighted by Crippen LogP contribution is -2.16. The van der Waals surface area contributed by atoms with Crippen molar-refractivity contribution in [2.75, 3.05) is 10.6 Å². The van der Waals surface area contributed by atoms with Crippen LogP contribution in [0.2, 0.25) is 0 Å². The van der Waals surface area contributed by atoms with Gasteiger partial charge in [0.1, 0.15) is 11.4 Å². The molecular formula is C24H19FN2O3. The Morgan fingerprint density at radius 1 is 1.00 bits per heavy atom. The number of anilines is 2. The van der Waals surface area contributed by atoms with Crippen molar-refractivity contribution in [3.05, 3.63) is 71.7 Å². The second-order valence-electron chi connectivity index (χ2n) is 7.63. The van der Waals surface area contributed by atoms with Crippen molar-refractivity contribution in [1.29, 1.82) is 0 Å². The minimum Gasteiger partial charge on any atom is -0.450 e. The summed E-state index contributed by atoms with van der Waals surface area (Å²) < 4.78 is 20.0. The van der Waals surface area contributed by atoms with Gasteiger partial charge in [-0.1, -0.05) is 36.4 Å². The molecule has 0 unspecified atom stereocenters. The number of carbonyl (C=O) groups excluding carboxylic acids is 2. The minimum absolute atomic E-state index is 0.0457. The van der Waals surface area contributed by atoms with E-state index in [0.717, 1.165) is 34.6 Å². The maximum Gasteiger partial charge on any atom is 0.291 e. The summed E-state index contributed by atoms with van der Waals surface area (Å²) in [6, 6.07) is 15.8. The maximum absolute atomic E-state index is 14.1. The van der Waals surface area contributed by atoms with Crippen molar-refractivity contribution >= 4 is 44.9 Å². The number of hydrogen-bond donors (Lipinski definition) is 2. The highest BCUT2D eigenvalue weighted by atomic mass is 19.1. The van der Waals surface area contributed by atoms with Gasteiger partial charge >= 0.3 is 0 Å². The van der Waals surface area contributed by atoms with Crippen molar-refractivity contribution in [2.45, 2.75) is 19.8 Å². The van der Waals surface area contributed by atoms with Crippen molar-refractivity contribution in [3.8, 4) is 0 Å². The molecular weight excluding hydrogens is 383 g/mol. The summed E-state index contributed by atoms with van der Waals surface area (Å²) in [5.74, 6) is -1.02. The van der Waals surface area contributed by atoms with Gasteiger partial charge < -0.3 is 15.1 Å². The third-order valence-corrected chi connectivity index (χ3v) is 5.46. The first-order valence-corrected chi connectivity index (χ1v) is 9.84. The molecule has 0 saturated heterocycles. The highest BCUT2D eigenvalue weighted by molar-refractivity contribution is 6.11. The van der Waals surface area contributed by atoms with Crippen LogP contribution in [0, 0.1) is 18.7 Å². The lowest BCUT2D eigenvalue weighted by molar-refractivity contribution is -0.117. The second kappa shape index (κ2) is 6.99. The van der Waals surface area contributed by atoms with Crippen LogP contribution in [0.5, 0.6) is 0 Å². The Morgan fingerprint density at radius 3 is 2.60 bits per heavy atom. The number of nitrogens with one attached hydrogen (secondary N) is 2. The molecule has 2 N–H and O–H groups in total. The summed E-state index contributed by atoms with van der Waals surface area (Å²) in [4.78, 5) is 24.8. The van der Waals surface area contributed by atoms with Crippen molar-refractivity contribution in [1.82, 2.24) is 0 Å². The molecule has 0 aliphatic heterocycles. The Morgan fingerprint density at radius 2 is 1.80 bits per heavy atom. The quantitative estimate of drug-likeness (QED) is 0.464. The molecule has 1 saturated carbocycles. The van der Waals surface area contributed by atoms with Gasteiger partial charge in [-0.15, -0.1) is 0 Å². The molecule has 2 amide bonds. The molecule has 1 fully saturated rings. The van der Waals surface area contributed by atoms with Crippen LogP contribution in [-0.2, 0) is 4.79 Å². The molecule has 1 aromatic heterocycles. The summed E-state index contributed by atoms with van der Waals surface area (Å²) in [7, 11) is 0. The number of carbonyl (C=O) groups is 2. The van der Waals surface area contributed by atoms with E-state index in [-0.39, 0.29) is 23.3 Å². The Bertz CT molecular complexity index is 1320. The molecule has 0 bridgehead atoms. The molecule has 4 aromatic rings. The lowest BCUT2D eigenvalue weighted by Gasteiger charge is -2.09. The van der Waals surface area contributed by atoms with Gasteiger partial charge in [-0.2, -0.15) is 0 Å². The first-order valence-electron chi connectivity index (χ1n) is 9.84. The van der Waals surface area contributed by atoms with Gasteiger partial charge in [0.25, 0.3) is 5.91 Å². The number of hydrogen-bond acceptors (Lipinski definition) is 3. The molecule has 6 heteroatoms. The number of benzene rings is 3. The van der Waals surface area contributed by atoms with E-state index in [9.17, 15) is 14.0 Å². The summed E-state index contributed by atoms with van der Waals surface area (Å²) in [5.41, 5.74) is 1.82. The molecule has 150 valence electrons. The summed E-state index contributed by atoms with van der Waals surface area (Å²) in [5, 5.41) is 8.17. The van der Waals surface area contributed by atoms with Gasteiger partial charge in [0.05, 0.1) is 5.69 Å². The van der Waals surface area contributed by atoms with Crippen LogP contribution >= 0.6 is 0 Å². The average Bonchev–Trinajstić information content (AvgIpc) is 3.54. The first-order chi connectivity index (χ1) is 14.5. The van der Waals surface area contributed by atoms with Crippen molar-refractivity contribution < 1.29 is 18.4 Å². The minimum atomic E-state index is -0.548. The summed E-state index contributed by atoms with van der Waals surface area (Å²) in [6.07, 6.45) is 1.65. The van der Waals surface area contributed by atoms with Gasteiger partial charge in [-0.05, 0) is 43.4 Å². The molecule has 0 atom stereocenters. The Kier molecular flexibility index (Phi) is 4.28. The SMILES string of the molecule is Cc1c(C(=O)Nc2ccc(F)c(NC(=O)C3CC3)c2)oc2c1ccc1ccccc12. The zero-order valence-electron chi connectivity index (χ0n) is 16.3. The molecule has 5 nitrogen and oxygen atoms in total. The average molecular weight is 402 g/mol. The van der Waals surface area contributed by atoms with Crippen LogP contribution in [0.3, 0.4) is 0 Å². The Balaban J connectivity index is 1.45. The zero-order valence-corrected chi connectivity index (χ0v) is 16.3. The number of furan rings is 1. The third kappa shape index (κ3) is 3.20. The molecule has 1 aliphatic rings. The van der Waals surface area contributed by atoms with Gasteiger partial charge in [0.2, 0.25) is 5.91 Å². The smallest absolute Gasteiger partial charge is 0.291 e. The zero-order chi connectivity index (χ0) is 20.8. The predicted molar refractivity (Wildman–Crippen MR) is 114 cm³/mol. The van der Waals surface area contributed by atoms with Crippen LogP contribution in [0.4, 0.5) is 15.8 Å². The van der Waals surface area contributed by atoms with E-state index < -0.39 is 11.7 Å². The van der Waals surface area contributed by atoms with E-state index in [1.807, 2.05) is 43.3 Å². The van der Waals surface area contributed by atoms with E-state index in [4.69, 9.17) is 4.42 Å². The van der Waals surface area contributed by atoms with Crippen LogP contribution in [0.1, 0.15) is 29.0 Å². The van der Waals surface area contributed by atoms with E-state index in [2.05, 4.69) is 10.6 Å². The normalized spacial score (nSPS) is 13.5. The largest absolute Gasteiger partial charge is 0.450 e. The van der Waals surface area contributed by atoms with Gasteiger partial charge in [-0.3, -0.25) is 9.59 Å². The highest BCUT2D eigenvalue weighted by Gasteiger charge is 2.30. The van der Waals surface area contributed by atoms with E-state index >= 15 is 0 Å². The number of amides is 2. The number of fused-ring (bicyclic) bond motifs is 3. The fraction of sp³-hybridized carbons (Fsp3) is 0.167. The van der Waals surface area contributed by atoms with Gasteiger partial charge in [0, 0.05) is 27.9 Å². The van der Waals surface area contributed by atoms with E-state index in [0.29, 0.717) is 11.3 Å². The second-order valence-corrected chi connectivity index (χ2v) is 7.63. The van der Waals surface area contributed by atoms with Crippen LogP contribution in [0.15, 0.2) is 59.0 Å². The van der Waals surface area contributed by atoms with E-state index in [1.54, 1.807) is 0 Å². The van der Waals surface area contributed by atoms with Gasteiger partial charge in [0.15, 0.2) is 5.76 Å². The highest BCUT2D eigenvalue weighted by Crippen LogP contribution is 2.33. The van der Waals surface area contributed by atoms with Crippen molar-refractivity contribution in [2.24, 2.45) is 5.92 Å². The molecule has 0 spiro atoms. The Hall–Kier alpha value is -3.67. The fourth-order valence-corrected chi connectivity index (χ4v) is 3.63. The van der Waals surface area contributed by atoms with Crippen LogP contribution in [-0.4, -0.2) is 11.8 Å². The Labute approximate surface area is 171 Å².